The van der Waals surface area contributed by atoms with Crippen LogP contribution in [0.4, 0.5) is 56.9 Å². The Bertz CT molecular complexity index is 7440. The highest BCUT2D eigenvalue weighted by Gasteiger charge is 2.27. The zero-order valence-corrected chi connectivity index (χ0v) is 86.0. The van der Waals surface area contributed by atoms with Gasteiger partial charge in [-0.2, -0.15) is 5.26 Å². The number of anilines is 10. The van der Waals surface area contributed by atoms with Gasteiger partial charge >= 0.3 is 0 Å². The summed E-state index contributed by atoms with van der Waals surface area (Å²) in [5.74, 6) is 2.88. The lowest BCUT2D eigenvalue weighted by Crippen LogP contribution is -2.24. The second kappa shape index (κ2) is 51.4. The molecular weight excluding hydrogens is 1870 g/mol. The molecule has 766 valence electrons. The molecule has 36 heteroatoms. The number of likely N-dealkylation sites (N-methyl/N-ethyl adjacent to an activating group) is 1. The number of benzene rings is 10. The molecule has 0 aliphatic rings. The summed E-state index contributed by atoms with van der Waals surface area (Å²) in [7, 11) is 17.2. The molecule has 0 spiro atoms. The minimum absolute atomic E-state index is 0.0493. The first-order chi connectivity index (χ1) is 70.7. The molecule has 0 aliphatic carbocycles. The molecule has 6 amide bonds. The Labute approximate surface area is 852 Å². The van der Waals surface area contributed by atoms with Crippen molar-refractivity contribution in [2.45, 2.75) is 94.9 Å². The summed E-state index contributed by atoms with van der Waals surface area (Å²) in [4.78, 5) is 94.4. The first-order valence-corrected chi connectivity index (χ1v) is 46.6. The topological polar surface area (TPSA) is 516 Å². The fourth-order valence-electron chi connectivity index (χ4n) is 16.2. The number of hydrogen-bond acceptors (Lipinski definition) is 30. The van der Waals surface area contributed by atoms with Crippen molar-refractivity contribution >= 4 is 147 Å². The summed E-state index contributed by atoms with van der Waals surface area (Å²) in [5, 5.41) is 35.4. The van der Waals surface area contributed by atoms with Crippen LogP contribution in [0.3, 0.4) is 0 Å². The number of nitrogens with one attached hydrogen (secondary N) is 7. The molecule has 147 heavy (non-hydrogen) atoms. The molecule has 0 radical (unpaired) electrons. The highest BCUT2D eigenvalue weighted by molar-refractivity contribution is 6.13. The van der Waals surface area contributed by atoms with Crippen molar-refractivity contribution in [1.82, 2.24) is 35.6 Å². The average molecular weight is 2000 g/mol. The van der Waals surface area contributed by atoms with Crippen LogP contribution in [0.25, 0.3) is 54.5 Å². The van der Waals surface area contributed by atoms with E-state index in [1.54, 1.807) is 125 Å². The highest BCUT2D eigenvalue weighted by Crippen LogP contribution is 2.45. The third-order valence-electron chi connectivity index (χ3n) is 24.3. The maximum atomic E-state index is 12.2. The van der Waals surface area contributed by atoms with Crippen molar-refractivity contribution in [2.24, 2.45) is 34.6 Å². The van der Waals surface area contributed by atoms with E-state index in [1.165, 1.54) is 50.8 Å². The van der Waals surface area contributed by atoms with E-state index in [-0.39, 0.29) is 29.0 Å². The van der Waals surface area contributed by atoms with E-state index in [0.717, 1.165) is 97.0 Å². The van der Waals surface area contributed by atoms with Gasteiger partial charge in [-0.15, -0.1) is 0 Å². The van der Waals surface area contributed by atoms with Gasteiger partial charge in [0.05, 0.1) is 187 Å². The number of methoxy groups -OCH3 is 11. The van der Waals surface area contributed by atoms with Gasteiger partial charge in [-0.25, -0.2) is 0 Å². The number of nitrogens with two attached hydrogens (primary N) is 5. The monoisotopic (exact) mass is 2000 g/mol. The molecule has 0 aliphatic heterocycles. The van der Waals surface area contributed by atoms with Crippen LogP contribution in [0.2, 0.25) is 0 Å². The fraction of sp³-hybridized carbons (Fsp3) is 0.261. The number of nitrogens with zero attached hydrogens (tertiary/aromatic N) is 6. The van der Waals surface area contributed by atoms with Gasteiger partial charge in [0, 0.05) is 143 Å². The number of carbonyl (C=O) groups is 6. The fourth-order valence-corrected chi connectivity index (χ4v) is 16.2. The number of carbonyl (C=O) groups excluding carboxylic acids is 6. The number of pyridine rings is 5. The second-order valence-corrected chi connectivity index (χ2v) is 33.8. The molecule has 0 bridgehead atoms. The van der Waals surface area contributed by atoms with Crippen LogP contribution in [-0.2, 0) is 46.9 Å². The number of hydrogen-bond donors (Lipinski definition) is 12. The zero-order chi connectivity index (χ0) is 107. The van der Waals surface area contributed by atoms with E-state index in [1.807, 2.05) is 126 Å². The highest BCUT2D eigenvalue weighted by atomic mass is 16.5. The Morgan fingerprint density at radius 3 is 0.830 bits per heavy atom. The van der Waals surface area contributed by atoms with Gasteiger partial charge in [0.1, 0.15) is 0 Å². The van der Waals surface area contributed by atoms with Crippen molar-refractivity contribution in [3.63, 3.8) is 0 Å². The molecule has 0 saturated heterocycles. The summed E-state index contributed by atoms with van der Waals surface area (Å²) in [6.07, 6.45) is 7.86. The van der Waals surface area contributed by atoms with E-state index in [9.17, 15) is 28.8 Å². The van der Waals surface area contributed by atoms with Gasteiger partial charge in [0.25, 0.3) is 29.5 Å². The van der Waals surface area contributed by atoms with Gasteiger partial charge in [0.2, 0.25) is 5.91 Å². The van der Waals surface area contributed by atoms with Crippen LogP contribution in [0, 0.1) is 51.9 Å². The van der Waals surface area contributed by atoms with Gasteiger partial charge in [-0.1, -0.05) is 81.4 Å². The maximum Gasteiger partial charge on any atom is 0.252 e. The van der Waals surface area contributed by atoms with Gasteiger partial charge in [-0.05, 0) is 170 Å². The molecule has 5 aromatic heterocycles. The minimum atomic E-state index is -0.609. The zero-order valence-electron chi connectivity index (χ0n) is 86.0. The molecule has 0 unspecified atom stereocenters. The summed E-state index contributed by atoms with van der Waals surface area (Å²) < 4.78 is 65.0. The van der Waals surface area contributed by atoms with E-state index in [2.05, 4.69) is 95.0 Å². The number of nitriles is 1. The first kappa shape index (κ1) is 110. The van der Waals surface area contributed by atoms with Crippen LogP contribution in [0.5, 0.6) is 57.5 Å². The van der Waals surface area contributed by atoms with Crippen LogP contribution < -0.4 is 113 Å². The normalized spacial score (nSPS) is 10.7. The number of aromatic nitrogens is 5. The molecule has 15 aromatic rings. The molecule has 10 aromatic carbocycles. The van der Waals surface area contributed by atoms with Gasteiger partial charge in [0.15, 0.2) is 57.5 Å². The summed E-state index contributed by atoms with van der Waals surface area (Å²) in [6, 6.07) is 49.0. The Kier molecular flexibility index (Phi) is 38.4. The van der Waals surface area contributed by atoms with Crippen LogP contribution in [0.15, 0.2) is 183 Å². The van der Waals surface area contributed by atoms with Crippen molar-refractivity contribution in [3.8, 4) is 63.6 Å². The molecule has 0 atom stereocenters. The SMILES string of the molecule is CCNC(=O)Cc1cccc(Nc2c(C(N)=O)cnc3cc(OC)c(OC)cc23)c1C.CCNCc1cccc(Nc2c(C(N)=O)cnc3cc(OC)c(OC)cc23)c1C.COCc1cccc(Nc2c(C(N)=O)cnc3cc(OC)c(OC)cc23)c1C.COc1cc2ncc(C(N)=O)c(Nc3cccc(CC#N)c3C)c2cc1OC.COc1cc2ncc(C(N)=O)c(Nc3cccc(COCC(C)C)c3C)c2cc1OC. The molecule has 15 rings (SSSR count). The standard InChI is InChI=1S/C24H29N3O4.C23H26N4O4.C22H26N4O3.C21H20N4O3.C21H23N3O4/c1-14(2)12-31-13-16-7-6-8-19(15(16)3)27-23-17-9-21(29-4)22(30-5)10-20(17)26-11-18(23)24(25)28;1-5-25-21(28)9-14-7-6-8-17(13(14)2)27-22-15-10-19(30-3)20(31-4)11-18(15)26-12-16(22)23(24)29;1-5-24-11-14-7-6-8-17(13(14)2)26-21-15-9-19(28-3)20(29-4)10-18(15)25-12-16(21)22(23)27;1-12-13(7-8-22)5-4-6-16(12)25-20-14-9-18(27-2)19(28-3)10-17(14)24-11-15(20)21(23)26;1-12-13(11-26-2)6-5-7-16(12)24-20-14-8-18(27-3)19(28-4)9-17(14)23-10-15(20)21(22)25/h6-11,14H,12-13H2,1-5H3,(H2,25,28)(H,26,27);6-8,10-12H,5,9H2,1-4H3,(H2,24,29)(H,25,28)(H,26,27);6-10,12,24H,5,11H2,1-4H3,(H2,23,27)(H,25,26);4-6,9-11H,7H2,1-3H3,(H2,23,26)(H,24,25);5-10H,11H2,1-4H3,(H2,22,25)(H,23,24). The number of amides is 6. The van der Waals surface area contributed by atoms with Crippen molar-refractivity contribution in [2.75, 3.05) is 124 Å². The Balaban J connectivity index is 0.000000175. The number of rotatable bonds is 38. The Hall–Kier alpha value is -17.6. The number of fused-ring (bicyclic) bond motifs is 5. The van der Waals surface area contributed by atoms with Crippen molar-refractivity contribution in [1.29, 1.82) is 5.26 Å². The maximum absolute atomic E-state index is 12.2. The summed E-state index contributed by atoms with van der Waals surface area (Å²) >= 11 is 0. The summed E-state index contributed by atoms with van der Waals surface area (Å²) in [5.41, 5.74) is 49.6. The molecule has 0 fully saturated rings. The molecular formula is C111H124N18O18. The Morgan fingerprint density at radius 1 is 0.333 bits per heavy atom. The van der Waals surface area contributed by atoms with Crippen LogP contribution >= 0.6 is 0 Å². The van der Waals surface area contributed by atoms with Crippen LogP contribution in [-0.4, -0.2) is 158 Å². The predicted molar refractivity (Wildman–Crippen MR) is 573 cm³/mol. The largest absolute Gasteiger partial charge is 0.493 e. The molecule has 36 nitrogen and oxygen atoms in total. The van der Waals surface area contributed by atoms with E-state index in [4.69, 9.17) is 90.8 Å². The molecule has 0 saturated carbocycles. The molecule has 5 heterocycles. The second-order valence-electron chi connectivity index (χ2n) is 33.8. The summed E-state index contributed by atoms with van der Waals surface area (Å²) in [6.45, 7) is 22.0. The quantitative estimate of drug-likeness (QED) is 0.0171. The van der Waals surface area contributed by atoms with Crippen molar-refractivity contribution < 1.29 is 85.6 Å². The third-order valence-corrected chi connectivity index (χ3v) is 24.3. The first-order valence-electron chi connectivity index (χ1n) is 46.6. The lowest BCUT2D eigenvalue weighted by atomic mass is 10.0. The lowest BCUT2D eigenvalue weighted by molar-refractivity contribution is -0.120. The smallest absolute Gasteiger partial charge is 0.252 e. The lowest BCUT2D eigenvalue weighted by Gasteiger charge is -2.18. The van der Waals surface area contributed by atoms with Crippen molar-refractivity contribution in [3.05, 3.63) is 266 Å². The third kappa shape index (κ3) is 26.1. The van der Waals surface area contributed by atoms with E-state index >= 15 is 0 Å². The van der Waals surface area contributed by atoms with E-state index in [0.29, 0.717) is 185 Å². The van der Waals surface area contributed by atoms with Gasteiger partial charge < -0.3 is 123 Å². The molecule has 17 N–H and O–H groups in total. The average Bonchev–Trinajstić information content (AvgIpc) is 0.786. The minimum Gasteiger partial charge on any atom is -0.493 e. The van der Waals surface area contributed by atoms with E-state index < -0.39 is 29.5 Å². The number of primary amides is 5. The predicted octanol–water partition coefficient (Wildman–Crippen LogP) is 18.2. The Morgan fingerprint density at radius 2 is 0.578 bits per heavy atom. The van der Waals surface area contributed by atoms with Crippen LogP contribution in [0.1, 0.15) is 135 Å². The number of ether oxygens (including phenoxy) is 12. The van der Waals surface area contributed by atoms with Gasteiger partial charge in [-0.3, -0.25) is 53.7 Å².